The Morgan fingerprint density at radius 3 is 2.50 bits per heavy atom. The first-order chi connectivity index (χ1) is 9.19. The highest BCUT2D eigenvalue weighted by Gasteiger charge is 2.21. The molecule has 0 radical (unpaired) electrons. The molecule has 1 aromatic rings. The van der Waals surface area contributed by atoms with Gasteiger partial charge in [-0.1, -0.05) is 12.1 Å². The number of hydrogen-bond donors (Lipinski definition) is 1. The van der Waals surface area contributed by atoms with Crippen LogP contribution < -0.4 is 10.1 Å². The molecule has 0 atom stereocenters. The van der Waals surface area contributed by atoms with Gasteiger partial charge in [0.25, 0.3) is 0 Å². The molecule has 1 heterocycles. The lowest BCUT2D eigenvalue weighted by molar-refractivity contribution is -0.142. The van der Waals surface area contributed by atoms with Crippen molar-refractivity contribution in [3.63, 3.8) is 0 Å². The van der Waals surface area contributed by atoms with E-state index in [-0.39, 0.29) is 25.0 Å². The van der Waals surface area contributed by atoms with Crippen LogP contribution in [0.3, 0.4) is 0 Å². The molecule has 5 nitrogen and oxygen atoms in total. The van der Waals surface area contributed by atoms with Crippen LogP contribution in [0.1, 0.15) is 5.56 Å². The molecular formula is C14H21ClN2O3. The number of carbonyl (C=O) groups is 1. The maximum absolute atomic E-state index is 11.0. The number of carbonyl (C=O) groups excluding carboxylic acids is 1. The Morgan fingerprint density at radius 2 is 2.00 bits per heavy atom. The van der Waals surface area contributed by atoms with E-state index in [1.54, 1.807) is 0 Å². The first-order valence-corrected chi connectivity index (χ1v) is 6.38. The summed E-state index contributed by atoms with van der Waals surface area (Å²) in [5.41, 5.74) is 1.24. The lowest BCUT2D eigenvalue weighted by Crippen LogP contribution is -2.55. The number of halogens is 1. The van der Waals surface area contributed by atoms with E-state index >= 15 is 0 Å². The third kappa shape index (κ3) is 4.67. The van der Waals surface area contributed by atoms with Crippen LogP contribution in [0.25, 0.3) is 0 Å². The number of benzene rings is 1. The van der Waals surface area contributed by atoms with Crippen molar-refractivity contribution >= 4 is 18.4 Å². The van der Waals surface area contributed by atoms with Gasteiger partial charge in [-0.25, -0.2) is 4.79 Å². The molecule has 0 spiro atoms. The first-order valence-electron chi connectivity index (χ1n) is 6.38. The van der Waals surface area contributed by atoms with Crippen LogP contribution in [0.15, 0.2) is 24.3 Å². The number of likely N-dealkylation sites (N-methyl/N-ethyl adjacent to an activating group) is 1. The number of esters is 1. The van der Waals surface area contributed by atoms with Crippen LogP contribution in [0.2, 0.25) is 0 Å². The summed E-state index contributed by atoms with van der Waals surface area (Å²) >= 11 is 0. The monoisotopic (exact) mass is 300 g/mol. The molecule has 0 aliphatic carbocycles. The van der Waals surface area contributed by atoms with Crippen LogP contribution >= 0.6 is 12.4 Å². The number of hydrogen-bond acceptors (Lipinski definition) is 5. The van der Waals surface area contributed by atoms with Crippen molar-refractivity contribution < 1.29 is 14.3 Å². The fourth-order valence-corrected chi connectivity index (χ4v) is 1.89. The fourth-order valence-electron chi connectivity index (χ4n) is 1.89. The van der Waals surface area contributed by atoms with E-state index < -0.39 is 0 Å². The van der Waals surface area contributed by atoms with Crippen LogP contribution in [0, 0.1) is 0 Å². The third-order valence-corrected chi connectivity index (χ3v) is 3.32. The van der Waals surface area contributed by atoms with Crippen LogP contribution in [0.4, 0.5) is 0 Å². The Hall–Kier alpha value is -1.30. The molecule has 0 saturated carbocycles. The zero-order valence-corrected chi connectivity index (χ0v) is 12.6. The molecule has 0 amide bonds. The van der Waals surface area contributed by atoms with Crippen molar-refractivity contribution in [3.05, 3.63) is 29.8 Å². The van der Waals surface area contributed by atoms with E-state index in [9.17, 15) is 4.79 Å². The Labute approximate surface area is 125 Å². The van der Waals surface area contributed by atoms with E-state index in [1.807, 2.05) is 24.3 Å². The van der Waals surface area contributed by atoms with Crippen molar-refractivity contribution in [3.8, 4) is 5.75 Å². The fraction of sp³-hybridized carbons (Fsp3) is 0.500. The maximum Gasteiger partial charge on any atom is 0.343 e. The summed E-state index contributed by atoms with van der Waals surface area (Å²) in [5.74, 6) is 0.309. The number of nitrogens with one attached hydrogen (secondary N) is 1. The highest BCUT2D eigenvalue weighted by atomic mass is 35.5. The predicted octanol–water partition coefficient (Wildman–Crippen LogP) is 1.06. The molecule has 1 fully saturated rings. The van der Waals surface area contributed by atoms with Crippen molar-refractivity contribution in [1.82, 2.24) is 10.2 Å². The van der Waals surface area contributed by atoms with Crippen LogP contribution in [-0.4, -0.2) is 50.8 Å². The Balaban J connectivity index is 0.00000200. The average molecular weight is 301 g/mol. The normalized spacial score (nSPS) is 14.3. The minimum Gasteiger partial charge on any atom is -0.482 e. The van der Waals surface area contributed by atoms with E-state index in [0.29, 0.717) is 11.8 Å². The number of nitrogens with zero attached hydrogens (tertiary/aromatic N) is 1. The van der Waals surface area contributed by atoms with Crippen LogP contribution in [0.5, 0.6) is 5.75 Å². The molecule has 2 rings (SSSR count). The van der Waals surface area contributed by atoms with E-state index in [1.165, 1.54) is 12.7 Å². The van der Waals surface area contributed by atoms with Gasteiger partial charge >= 0.3 is 5.97 Å². The zero-order valence-electron chi connectivity index (χ0n) is 11.8. The number of methoxy groups -OCH3 is 1. The van der Waals surface area contributed by atoms with Gasteiger partial charge in [0.15, 0.2) is 6.61 Å². The molecule has 6 heteroatoms. The second-order valence-corrected chi connectivity index (χ2v) is 4.74. The molecule has 20 heavy (non-hydrogen) atoms. The van der Waals surface area contributed by atoms with Gasteiger partial charge in [-0.2, -0.15) is 0 Å². The summed E-state index contributed by atoms with van der Waals surface area (Å²) < 4.78 is 9.82. The van der Waals surface area contributed by atoms with Crippen molar-refractivity contribution in [2.45, 2.75) is 12.6 Å². The Bertz CT molecular complexity index is 421. The SMILES string of the molecule is COC(=O)COc1ccc(CN(C)C2CNC2)cc1.Cl. The summed E-state index contributed by atoms with van der Waals surface area (Å²) in [6, 6.07) is 8.44. The third-order valence-electron chi connectivity index (χ3n) is 3.32. The van der Waals surface area contributed by atoms with Gasteiger partial charge in [0.05, 0.1) is 7.11 Å². The summed E-state index contributed by atoms with van der Waals surface area (Å²) in [7, 11) is 3.48. The van der Waals surface area contributed by atoms with Gasteiger partial charge in [-0.3, -0.25) is 4.90 Å². The van der Waals surface area contributed by atoms with Gasteiger partial charge in [-0.15, -0.1) is 12.4 Å². The standard InChI is InChI=1S/C14H20N2O3.ClH/c1-16(12-7-15-8-12)9-11-3-5-13(6-4-11)19-10-14(17)18-2;/h3-6,12,15H,7-10H2,1-2H3;1H. The van der Waals surface area contributed by atoms with Gasteiger partial charge in [-0.05, 0) is 24.7 Å². The van der Waals surface area contributed by atoms with Crippen molar-refractivity contribution in [2.75, 3.05) is 33.9 Å². The Kier molecular flexibility index (Phi) is 6.78. The second kappa shape index (κ2) is 8.09. The summed E-state index contributed by atoms with van der Waals surface area (Å²) in [6.07, 6.45) is 0. The molecule has 1 N–H and O–H groups in total. The van der Waals surface area contributed by atoms with E-state index in [2.05, 4.69) is 22.0 Å². The lowest BCUT2D eigenvalue weighted by Gasteiger charge is -2.35. The minimum atomic E-state index is -0.374. The quantitative estimate of drug-likeness (QED) is 0.796. The molecule has 0 bridgehead atoms. The molecular weight excluding hydrogens is 280 g/mol. The second-order valence-electron chi connectivity index (χ2n) is 4.74. The molecule has 0 unspecified atom stereocenters. The molecule has 1 aliphatic rings. The van der Waals surface area contributed by atoms with Crippen LogP contribution in [-0.2, 0) is 16.1 Å². The molecule has 1 saturated heterocycles. The number of rotatable bonds is 6. The molecule has 0 aromatic heterocycles. The van der Waals surface area contributed by atoms with Gasteiger partial charge < -0.3 is 14.8 Å². The van der Waals surface area contributed by atoms with Gasteiger partial charge in [0.1, 0.15) is 5.75 Å². The molecule has 1 aliphatic heterocycles. The highest BCUT2D eigenvalue weighted by Crippen LogP contribution is 2.15. The number of ether oxygens (including phenoxy) is 2. The predicted molar refractivity (Wildman–Crippen MR) is 79.3 cm³/mol. The van der Waals surface area contributed by atoms with Gasteiger partial charge in [0, 0.05) is 25.7 Å². The maximum atomic E-state index is 11.0. The zero-order chi connectivity index (χ0) is 13.7. The molecule has 112 valence electrons. The van der Waals surface area contributed by atoms with Gasteiger partial charge in [0.2, 0.25) is 0 Å². The van der Waals surface area contributed by atoms with E-state index in [4.69, 9.17) is 4.74 Å². The van der Waals surface area contributed by atoms with E-state index in [0.717, 1.165) is 19.6 Å². The largest absolute Gasteiger partial charge is 0.482 e. The summed E-state index contributed by atoms with van der Waals surface area (Å²) in [4.78, 5) is 13.3. The summed E-state index contributed by atoms with van der Waals surface area (Å²) in [5, 5.41) is 3.26. The summed E-state index contributed by atoms with van der Waals surface area (Å²) in [6.45, 7) is 3.00. The minimum absolute atomic E-state index is 0. The molecule has 1 aromatic carbocycles. The van der Waals surface area contributed by atoms with Crippen molar-refractivity contribution in [2.24, 2.45) is 0 Å². The average Bonchev–Trinajstić information content (AvgIpc) is 2.35. The first kappa shape index (κ1) is 16.8. The smallest absolute Gasteiger partial charge is 0.343 e. The lowest BCUT2D eigenvalue weighted by atomic mass is 10.1. The topological polar surface area (TPSA) is 50.8 Å². The van der Waals surface area contributed by atoms with Crippen molar-refractivity contribution in [1.29, 1.82) is 0 Å². The Morgan fingerprint density at radius 1 is 1.35 bits per heavy atom. The highest BCUT2D eigenvalue weighted by molar-refractivity contribution is 5.85.